The van der Waals surface area contributed by atoms with E-state index in [-0.39, 0.29) is 18.3 Å². The average Bonchev–Trinajstić information content (AvgIpc) is 3.21. The summed E-state index contributed by atoms with van der Waals surface area (Å²) in [6.45, 7) is 2.10. The molecule has 0 aliphatic rings. The summed E-state index contributed by atoms with van der Waals surface area (Å²) in [6, 6.07) is 19.8. The van der Waals surface area contributed by atoms with Crippen LogP contribution in [0.1, 0.15) is 22.8 Å². The molecule has 0 unspecified atom stereocenters. The molecule has 7 heteroatoms. The molecule has 0 aliphatic heterocycles. The lowest BCUT2D eigenvalue weighted by Crippen LogP contribution is -2.11. The van der Waals surface area contributed by atoms with Crippen LogP contribution in [0.15, 0.2) is 72.9 Å². The van der Waals surface area contributed by atoms with Crippen molar-refractivity contribution in [3.05, 3.63) is 89.1 Å². The molecule has 6 nitrogen and oxygen atoms in total. The Balaban J connectivity index is 1.40. The predicted molar refractivity (Wildman–Crippen MR) is 125 cm³/mol. The number of halogens is 1. The lowest BCUT2D eigenvalue weighted by Gasteiger charge is -2.10. The number of benzene rings is 3. The van der Waals surface area contributed by atoms with E-state index in [1.54, 1.807) is 55.6 Å². The zero-order valence-electron chi connectivity index (χ0n) is 17.4. The maximum atomic E-state index is 12.6. The Morgan fingerprint density at radius 1 is 1.03 bits per heavy atom. The number of para-hydroxylation sites is 1. The summed E-state index contributed by atoms with van der Waals surface area (Å²) in [5.74, 6) is 0.531. The third-order valence-electron chi connectivity index (χ3n) is 4.82. The van der Waals surface area contributed by atoms with Gasteiger partial charge >= 0.3 is 5.97 Å². The lowest BCUT2D eigenvalue weighted by atomic mass is 10.1. The molecule has 0 saturated heterocycles. The van der Waals surface area contributed by atoms with Crippen LogP contribution in [0.3, 0.4) is 0 Å². The van der Waals surface area contributed by atoms with Gasteiger partial charge in [0, 0.05) is 22.8 Å². The number of aromatic nitrogens is 1. The van der Waals surface area contributed by atoms with Crippen LogP contribution in [-0.2, 0) is 16.0 Å². The number of aromatic amines is 1. The van der Waals surface area contributed by atoms with Crippen LogP contribution in [0.2, 0.25) is 5.02 Å². The van der Waals surface area contributed by atoms with Crippen molar-refractivity contribution in [2.75, 3.05) is 11.9 Å². The highest BCUT2D eigenvalue weighted by atomic mass is 35.5. The average molecular weight is 449 g/mol. The van der Waals surface area contributed by atoms with Crippen LogP contribution in [-0.4, -0.2) is 23.5 Å². The molecule has 0 aliphatic carbocycles. The predicted octanol–water partition coefficient (Wildman–Crippen LogP) is 5.97. The molecule has 2 N–H and O–H groups in total. The van der Waals surface area contributed by atoms with Gasteiger partial charge in [0.2, 0.25) is 0 Å². The number of ether oxygens (including phenoxy) is 2. The van der Waals surface area contributed by atoms with Gasteiger partial charge in [0.1, 0.15) is 11.5 Å². The molecule has 4 rings (SSSR count). The number of amides is 1. The molecule has 0 radical (unpaired) electrons. The van der Waals surface area contributed by atoms with Crippen LogP contribution in [0.4, 0.5) is 5.69 Å². The Kier molecular flexibility index (Phi) is 6.42. The van der Waals surface area contributed by atoms with E-state index in [0.29, 0.717) is 34.4 Å². The third kappa shape index (κ3) is 4.92. The minimum Gasteiger partial charge on any atom is -0.466 e. The molecule has 4 aromatic rings. The van der Waals surface area contributed by atoms with Gasteiger partial charge in [-0.25, -0.2) is 0 Å². The van der Waals surface area contributed by atoms with Gasteiger partial charge in [-0.2, -0.15) is 0 Å². The molecule has 32 heavy (non-hydrogen) atoms. The summed E-state index contributed by atoms with van der Waals surface area (Å²) in [5, 5.41) is 4.15. The number of rotatable bonds is 7. The molecule has 0 bridgehead atoms. The number of esters is 1. The highest BCUT2D eigenvalue weighted by Crippen LogP contribution is 2.31. The monoisotopic (exact) mass is 448 g/mol. The van der Waals surface area contributed by atoms with Crippen LogP contribution in [0, 0.1) is 0 Å². The third-order valence-corrected chi connectivity index (χ3v) is 5.12. The van der Waals surface area contributed by atoms with Gasteiger partial charge in [0.25, 0.3) is 5.91 Å². The molecule has 1 amide bonds. The van der Waals surface area contributed by atoms with Crippen molar-refractivity contribution in [3.8, 4) is 11.5 Å². The molecule has 1 heterocycles. The summed E-state index contributed by atoms with van der Waals surface area (Å²) >= 11 is 6.31. The van der Waals surface area contributed by atoms with E-state index in [4.69, 9.17) is 21.1 Å². The molecule has 1 aromatic heterocycles. The number of anilines is 1. The Labute approximate surface area is 190 Å². The number of H-pyrrole nitrogens is 1. The number of hydrogen-bond acceptors (Lipinski definition) is 4. The van der Waals surface area contributed by atoms with Gasteiger partial charge in [-0.15, -0.1) is 0 Å². The summed E-state index contributed by atoms with van der Waals surface area (Å²) in [7, 11) is 0. The van der Waals surface area contributed by atoms with E-state index in [1.165, 1.54) is 0 Å². The Bertz CT molecular complexity index is 1260. The fraction of sp³-hybridized carbons (Fsp3) is 0.120. The minimum absolute atomic E-state index is 0.151. The Morgan fingerprint density at radius 2 is 1.81 bits per heavy atom. The summed E-state index contributed by atoms with van der Waals surface area (Å²) in [4.78, 5) is 27.4. The maximum Gasteiger partial charge on any atom is 0.310 e. The van der Waals surface area contributed by atoms with Crippen molar-refractivity contribution in [2.45, 2.75) is 13.3 Å². The molecule has 0 saturated carbocycles. The first-order chi connectivity index (χ1) is 15.5. The van der Waals surface area contributed by atoms with Gasteiger partial charge in [-0.3, -0.25) is 9.59 Å². The van der Waals surface area contributed by atoms with Gasteiger partial charge in [0.15, 0.2) is 0 Å². The summed E-state index contributed by atoms with van der Waals surface area (Å²) < 4.78 is 10.8. The zero-order chi connectivity index (χ0) is 22.5. The van der Waals surface area contributed by atoms with Gasteiger partial charge in [-0.05, 0) is 55.0 Å². The van der Waals surface area contributed by atoms with Gasteiger partial charge < -0.3 is 19.8 Å². The van der Waals surface area contributed by atoms with E-state index in [9.17, 15) is 9.59 Å². The molecule has 0 atom stereocenters. The van der Waals surface area contributed by atoms with Crippen LogP contribution >= 0.6 is 11.6 Å². The first-order valence-corrected chi connectivity index (χ1v) is 10.5. The van der Waals surface area contributed by atoms with E-state index < -0.39 is 0 Å². The van der Waals surface area contributed by atoms with Crippen molar-refractivity contribution in [2.24, 2.45) is 0 Å². The fourth-order valence-corrected chi connectivity index (χ4v) is 3.55. The summed E-state index contributed by atoms with van der Waals surface area (Å²) in [6.07, 6.45) is 1.85. The Hall–Kier alpha value is -3.77. The van der Waals surface area contributed by atoms with Crippen molar-refractivity contribution < 1.29 is 19.1 Å². The number of carbonyl (C=O) groups excluding carboxylic acids is 2. The molecular formula is C25H21ClN2O4. The second kappa shape index (κ2) is 9.58. The van der Waals surface area contributed by atoms with E-state index >= 15 is 0 Å². The smallest absolute Gasteiger partial charge is 0.310 e. The van der Waals surface area contributed by atoms with Crippen molar-refractivity contribution >= 4 is 40.1 Å². The zero-order valence-corrected chi connectivity index (χ0v) is 18.1. The fourth-order valence-electron chi connectivity index (χ4n) is 3.31. The minimum atomic E-state index is -0.303. The van der Waals surface area contributed by atoms with Gasteiger partial charge in [0.05, 0.1) is 23.6 Å². The highest BCUT2D eigenvalue weighted by molar-refractivity contribution is 6.32. The van der Waals surface area contributed by atoms with Crippen molar-refractivity contribution in [3.63, 3.8) is 0 Å². The molecular weight excluding hydrogens is 428 g/mol. The highest BCUT2D eigenvalue weighted by Gasteiger charge is 2.12. The summed E-state index contributed by atoms with van der Waals surface area (Å²) in [5.41, 5.74) is 2.88. The van der Waals surface area contributed by atoms with E-state index in [1.807, 2.05) is 24.3 Å². The van der Waals surface area contributed by atoms with Crippen molar-refractivity contribution in [1.82, 2.24) is 4.98 Å². The first-order valence-electron chi connectivity index (χ1n) is 10.1. The number of nitrogens with one attached hydrogen (secondary N) is 2. The second-order valence-electron chi connectivity index (χ2n) is 7.08. The standard InChI is InChI=1S/C25H21ClN2O4/c1-2-31-24(29)14-16-7-12-23(21(26)13-16)32-18-10-8-17(9-11-18)28-25(30)20-15-27-22-6-4-3-5-19(20)22/h3-13,15,27H,2,14H2,1H3,(H,28,30). The largest absolute Gasteiger partial charge is 0.466 e. The van der Waals surface area contributed by atoms with Crippen LogP contribution in [0.5, 0.6) is 11.5 Å². The van der Waals surface area contributed by atoms with Crippen LogP contribution in [0.25, 0.3) is 10.9 Å². The molecule has 162 valence electrons. The molecule has 0 fully saturated rings. The van der Waals surface area contributed by atoms with E-state index in [2.05, 4.69) is 10.3 Å². The quantitative estimate of drug-likeness (QED) is 0.341. The number of hydrogen-bond donors (Lipinski definition) is 2. The lowest BCUT2D eigenvalue weighted by molar-refractivity contribution is -0.142. The topological polar surface area (TPSA) is 80.4 Å². The number of carbonyl (C=O) groups is 2. The Morgan fingerprint density at radius 3 is 2.56 bits per heavy atom. The maximum absolute atomic E-state index is 12.6. The second-order valence-corrected chi connectivity index (χ2v) is 7.48. The van der Waals surface area contributed by atoms with E-state index in [0.717, 1.165) is 16.5 Å². The van der Waals surface area contributed by atoms with Crippen molar-refractivity contribution in [1.29, 1.82) is 0 Å². The van der Waals surface area contributed by atoms with Crippen LogP contribution < -0.4 is 10.1 Å². The SMILES string of the molecule is CCOC(=O)Cc1ccc(Oc2ccc(NC(=O)c3c[nH]c4ccccc34)cc2)c(Cl)c1. The molecule has 0 spiro atoms. The molecule has 3 aromatic carbocycles. The van der Waals surface area contributed by atoms with Gasteiger partial charge in [-0.1, -0.05) is 35.9 Å². The number of fused-ring (bicyclic) bond motifs is 1. The normalized spacial score (nSPS) is 10.7. The first kappa shape index (κ1) is 21.5.